The van der Waals surface area contributed by atoms with Crippen molar-refractivity contribution in [1.29, 1.82) is 0 Å². The first-order valence-electron chi connectivity index (χ1n) is 6.41. The summed E-state index contributed by atoms with van der Waals surface area (Å²) in [5, 5.41) is 6.83. The maximum absolute atomic E-state index is 3.43. The van der Waals surface area contributed by atoms with E-state index in [1.165, 1.54) is 16.7 Å². The lowest BCUT2D eigenvalue weighted by Crippen LogP contribution is -2.48. The molecule has 1 aromatic carbocycles. The molecule has 1 aromatic rings. The zero-order valence-electron chi connectivity index (χ0n) is 11.1. The van der Waals surface area contributed by atoms with Crippen LogP contribution in [0.1, 0.15) is 22.9 Å². The zero-order chi connectivity index (χ0) is 12.3. The van der Waals surface area contributed by atoms with Crippen LogP contribution in [-0.2, 0) is 0 Å². The van der Waals surface area contributed by atoms with Crippen molar-refractivity contribution in [3.05, 3.63) is 34.9 Å². The molecule has 0 spiro atoms. The molecule has 1 aliphatic rings. The Kier molecular flexibility index (Phi) is 4.15. The van der Waals surface area contributed by atoms with Gasteiger partial charge in [-0.15, -0.1) is 0 Å². The van der Waals surface area contributed by atoms with Gasteiger partial charge in [-0.05, 0) is 37.6 Å². The fourth-order valence-electron chi connectivity index (χ4n) is 2.44. The first kappa shape index (κ1) is 12.6. The fourth-order valence-corrected chi connectivity index (χ4v) is 2.44. The molecular formula is C14H23N3. The molecule has 0 bridgehead atoms. The van der Waals surface area contributed by atoms with Gasteiger partial charge in [0.05, 0.1) is 6.17 Å². The van der Waals surface area contributed by atoms with Crippen LogP contribution in [0.25, 0.3) is 0 Å². The van der Waals surface area contributed by atoms with Crippen LogP contribution >= 0.6 is 0 Å². The molecule has 0 amide bonds. The van der Waals surface area contributed by atoms with Gasteiger partial charge in [-0.1, -0.05) is 18.2 Å². The third-order valence-corrected chi connectivity index (χ3v) is 3.64. The number of aryl methyl sites for hydroxylation is 2. The van der Waals surface area contributed by atoms with Crippen LogP contribution in [0.2, 0.25) is 0 Å². The van der Waals surface area contributed by atoms with Gasteiger partial charge < -0.3 is 10.6 Å². The quantitative estimate of drug-likeness (QED) is 0.827. The van der Waals surface area contributed by atoms with Crippen molar-refractivity contribution in [3.63, 3.8) is 0 Å². The lowest BCUT2D eigenvalue weighted by atomic mass is 10.0. The highest BCUT2D eigenvalue weighted by molar-refractivity contribution is 5.31. The van der Waals surface area contributed by atoms with E-state index in [1.54, 1.807) is 0 Å². The van der Waals surface area contributed by atoms with Crippen LogP contribution in [-0.4, -0.2) is 38.1 Å². The Morgan fingerprint density at radius 1 is 1.18 bits per heavy atom. The molecule has 1 atom stereocenters. The summed E-state index contributed by atoms with van der Waals surface area (Å²) in [7, 11) is 2.04. The number of nitrogens with zero attached hydrogens (tertiary/aromatic N) is 1. The van der Waals surface area contributed by atoms with Gasteiger partial charge in [-0.25, -0.2) is 0 Å². The Labute approximate surface area is 104 Å². The predicted molar refractivity (Wildman–Crippen MR) is 72.2 cm³/mol. The van der Waals surface area contributed by atoms with Crippen LogP contribution < -0.4 is 10.6 Å². The Bertz CT molecular complexity index is 370. The van der Waals surface area contributed by atoms with Crippen molar-refractivity contribution in [2.24, 2.45) is 0 Å². The van der Waals surface area contributed by atoms with E-state index in [-0.39, 0.29) is 0 Å². The molecule has 1 saturated heterocycles. The van der Waals surface area contributed by atoms with Crippen LogP contribution in [0.5, 0.6) is 0 Å². The molecule has 1 heterocycles. The Morgan fingerprint density at radius 2 is 1.88 bits per heavy atom. The molecule has 2 rings (SSSR count). The largest absolute Gasteiger partial charge is 0.314 e. The molecule has 0 aromatic heterocycles. The Hall–Kier alpha value is -0.900. The highest BCUT2D eigenvalue weighted by Crippen LogP contribution is 2.20. The van der Waals surface area contributed by atoms with Crippen molar-refractivity contribution in [2.45, 2.75) is 20.0 Å². The van der Waals surface area contributed by atoms with Crippen molar-refractivity contribution >= 4 is 0 Å². The van der Waals surface area contributed by atoms with E-state index in [1.807, 2.05) is 7.05 Å². The standard InChI is InChI=1S/C14H23N3/c1-11-4-5-13(10-12(11)2)14(15-3)17-8-6-16-7-9-17/h4-5,10,14-16H,6-9H2,1-3H3. The molecule has 17 heavy (non-hydrogen) atoms. The fraction of sp³-hybridized carbons (Fsp3) is 0.571. The summed E-state index contributed by atoms with van der Waals surface area (Å²) in [5.41, 5.74) is 4.11. The second-order valence-corrected chi connectivity index (χ2v) is 4.82. The van der Waals surface area contributed by atoms with Crippen molar-refractivity contribution in [2.75, 3.05) is 33.2 Å². The third-order valence-electron chi connectivity index (χ3n) is 3.64. The molecule has 1 unspecified atom stereocenters. The average Bonchev–Trinajstić information content (AvgIpc) is 2.36. The van der Waals surface area contributed by atoms with Gasteiger partial charge in [-0.3, -0.25) is 4.90 Å². The molecule has 1 aliphatic heterocycles. The first-order chi connectivity index (χ1) is 8.22. The van der Waals surface area contributed by atoms with Gasteiger partial charge in [0.1, 0.15) is 0 Å². The number of rotatable bonds is 3. The molecular weight excluding hydrogens is 210 g/mol. The van der Waals surface area contributed by atoms with Gasteiger partial charge in [0.25, 0.3) is 0 Å². The van der Waals surface area contributed by atoms with Gasteiger partial charge >= 0.3 is 0 Å². The van der Waals surface area contributed by atoms with Crippen LogP contribution in [0.15, 0.2) is 18.2 Å². The lowest BCUT2D eigenvalue weighted by molar-refractivity contribution is 0.153. The number of nitrogens with one attached hydrogen (secondary N) is 2. The summed E-state index contributed by atoms with van der Waals surface area (Å²) >= 11 is 0. The van der Waals surface area contributed by atoms with Crippen molar-refractivity contribution in [1.82, 2.24) is 15.5 Å². The highest BCUT2D eigenvalue weighted by atomic mass is 15.3. The van der Waals surface area contributed by atoms with Crippen molar-refractivity contribution in [3.8, 4) is 0 Å². The molecule has 3 nitrogen and oxygen atoms in total. The van der Waals surface area contributed by atoms with E-state index in [4.69, 9.17) is 0 Å². The van der Waals surface area contributed by atoms with Crippen LogP contribution in [0.3, 0.4) is 0 Å². The van der Waals surface area contributed by atoms with Crippen LogP contribution in [0.4, 0.5) is 0 Å². The molecule has 1 fully saturated rings. The first-order valence-corrected chi connectivity index (χ1v) is 6.41. The van der Waals surface area contributed by atoms with Crippen LogP contribution in [0, 0.1) is 13.8 Å². The number of hydrogen-bond donors (Lipinski definition) is 2. The summed E-state index contributed by atoms with van der Waals surface area (Å²) in [4.78, 5) is 2.50. The average molecular weight is 233 g/mol. The molecule has 2 N–H and O–H groups in total. The highest BCUT2D eigenvalue weighted by Gasteiger charge is 2.20. The van der Waals surface area contributed by atoms with E-state index in [2.05, 4.69) is 47.6 Å². The molecule has 3 heteroatoms. The van der Waals surface area contributed by atoms with Gasteiger partial charge in [0, 0.05) is 26.2 Å². The van der Waals surface area contributed by atoms with Gasteiger partial charge in [-0.2, -0.15) is 0 Å². The van der Waals surface area contributed by atoms with E-state index in [0.717, 1.165) is 26.2 Å². The lowest BCUT2D eigenvalue weighted by Gasteiger charge is -2.35. The maximum Gasteiger partial charge on any atom is 0.0859 e. The SMILES string of the molecule is CNC(c1ccc(C)c(C)c1)N1CCNCC1. The number of piperazine rings is 1. The van der Waals surface area contributed by atoms with E-state index in [0.29, 0.717) is 6.17 Å². The van der Waals surface area contributed by atoms with Gasteiger partial charge in [0.15, 0.2) is 0 Å². The minimum atomic E-state index is 0.344. The second kappa shape index (κ2) is 5.63. The summed E-state index contributed by atoms with van der Waals surface area (Å²) in [5.74, 6) is 0. The minimum absolute atomic E-state index is 0.344. The van der Waals surface area contributed by atoms with Crippen molar-refractivity contribution < 1.29 is 0 Å². The normalized spacial score (nSPS) is 19.2. The molecule has 0 aliphatic carbocycles. The van der Waals surface area contributed by atoms with Gasteiger partial charge in [0.2, 0.25) is 0 Å². The third kappa shape index (κ3) is 2.86. The summed E-state index contributed by atoms with van der Waals surface area (Å²) in [6.45, 7) is 8.74. The van der Waals surface area contributed by atoms with E-state index in [9.17, 15) is 0 Å². The van der Waals surface area contributed by atoms with E-state index >= 15 is 0 Å². The maximum atomic E-state index is 3.43. The second-order valence-electron chi connectivity index (χ2n) is 4.82. The smallest absolute Gasteiger partial charge is 0.0859 e. The predicted octanol–water partition coefficient (Wildman–Crippen LogP) is 1.43. The Balaban J connectivity index is 2.18. The summed E-state index contributed by atoms with van der Waals surface area (Å²) < 4.78 is 0. The summed E-state index contributed by atoms with van der Waals surface area (Å²) in [6, 6.07) is 6.77. The number of benzene rings is 1. The molecule has 94 valence electrons. The monoisotopic (exact) mass is 233 g/mol. The number of hydrogen-bond acceptors (Lipinski definition) is 3. The molecule has 0 saturated carbocycles. The topological polar surface area (TPSA) is 27.3 Å². The zero-order valence-corrected chi connectivity index (χ0v) is 11.1. The minimum Gasteiger partial charge on any atom is -0.314 e. The summed E-state index contributed by atoms with van der Waals surface area (Å²) in [6.07, 6.45) is 0.344. The van der Waals surface area contributed by atoms with E-state index < -0.39 is 0 Å². The Morgan fingerprint density at radius 3 is 2.47 bits per heavy atom. The molecule has 0 radical (unpaired) electrons.